The third kappa shape index (κ3) is 9.00. The standard InChI is InChI=1S/C36H24N10O8S2/c47-33(49-17-21-3-1-5-25(15-21)29-39-27(53-45-29)19-55-35-43-41-31(51-35)23-7-11-37-12-8-23)34(48)50-18-22-4-2-6-26(16-22)30-40-28(54-46-30)20-56-36-44-42-32(52-36)24-9-13-38-14-10-24/h1-16H,17-20H2. The first-order valence-electron chi connectivity index (χ1n) is 16.4. The zero-order valence-corrected chi connectivity index (χ0v) is 30.3. The number of carbonyl (C=O) groups excluding carboxylic acids is 2. The second kappa shape index (κ2) is 17.0. The number of carbonyl (C=O) groups is 2. The van der Waals surface area contributed by atoms with Crippen LogP contribution in [-0.2, 0) is 43.8 Å². The minimum absolute atomic E-state index is 0.189. The molecule has 0 spiro atoms. The summed E-state index contributed by atoms with van der Waals surface area (Å²) >= 11 is 2.50. The Morgan fingerprint density at radius 2 is 1.00 bits per heavy atom. The Labute approximate surface area is 323 Å². The maximum absolute atomic E-state index is 12.5. The number of hydrogen-bond donors (Lipinski definition) is 0. The van der Waals surface area contributed by atoms with Crippen LogP contribution < -0.4 is 0 Å². The number of hydrogen-bond acceptors (Lipinski definition) is 20. The predicted molar refractivity (Wildman–Crippen MR) is 193 cm³/mol. The smallest absolute Gasteiger partial charge is 0.417 e. The lowest BCUT2D eigenvalue weighted by Gasteiger charge is -2.07. The molecule has 278 valence electrons. The first-order valence-corrected chi connectivity index (χ1v) is 18.4. The number of thioether (sulfide) groups is 2. The van der Waals surface area contributed by atoms with E-state index in [1.165, 1.54) is 23.5 Å². The van der Waals surface area contributed by atoms with E-state index in [-0.39, 0.29) is 13.2 Å². The molecule has 18 nitrogen and oxygen atoms in total. The highest BCUT2D eigenvalue weighted by Crippen LogP contribution is 2.28. The molecule has 0 N–H and O–H groups in total. The van der Waals surface area contributed by atoms with Gasteiger partial charge in [0.15, 0.2) is 0 Å². The van der Waals surface area contributed by atoms with E-state index in [1.54, 1.807) is 97.6 Å². The molecule has 0 bridgehead atoms. The number of ether oxygens (including phenoxy) is 2. The van der Waals surface area contributed by atoms with Gasteiger partial charge in [0.05, 0.1) is 11.5 Å². The molecule has 0 aliphatic rings. The van der Waals surface area contributed by atoms with Crippen molar-refractivity contribution in [1.29, 1.82) is 0 Å². The lowest BCUT2D eigenvalue weighted by atomic mass is 10.1. The number of rotatable bonds is 14. The Balaban J connectivity index is 0.790. The fraction of sp³-hybridized carbons (Fsp3) is 0.111. The average Bonchev–Trinajstić information content (AvgIpc) is 4.09. The second-order valence-electron chi connectivity index (χ2n) is 11.4. The molecule has 0 atom stereocenters. The summed E-state index contributed by atoms with van der Waals surface area (Å²) in [6.45, 7) is -0.378. The topological polar surface area (TPSA) is 234 Å². The van der Waals surface area contributed by atoms with Gasteiger partial charge in [0.1, 0.15) is 13.2 Å². The molecule has 56 heavy (non-hydrogen) atoms. The van der Waals surface area contributed by atoms with Gasteiger partial charge in [0, 0.05) is 47.0 Å². The Kier molecular flexibility index (Phi) is 10.9. The molecule has 0 fully saturated rings. The van der Waals surface area contributed by atoms with Crippen molar-refractivity contribution in [3.05, 3.63) is 120 Å². The highest BCUT2D eigenvalue weighted by molar-refractivity contribution is 7.98. The number of aromatic nitrogens is 10. The molecule has 0 saturated heterocycles. The van der Waals surface area contributed by atoms with Crippen molar-refractivity contribution in [1.82, 2.24) is 50.6 Å². The monoisotopic (exact) mass is 788 g/mol. The van der Waals surface area contributed by atoms with Crippen molar-refractivity contribution in [3.8, 4) is 45.7 Å². The third-order valence-corrected chi connectivity index (χ3v) is 9.13. The van der Waals surface area contributed by atoms with Crippen molar-refractivity contribution in [2.24, 2.45) is 0 Å². The van der Waals surface area contributed by atoms with Gasteiger partial charge in [-0.3, -0.25) is 9.97 Å². The number of esters is 2. The van der Waals surface area contributed by atoms with Crippen LogP contribution in [0.15, 0.2) is 126 Å². The van der Waals surface area contributed by atoms with Crippen molar-refractivity contribution in [3.63, 3.8) is 0 Å². The first kappa shape index (κ1) is 35.9. The lowest BCUT2D eigenvalue weighted by Crippen LogP contribution is -2.20. The van der Waals surface area contributed by atoms with Crippen molar-refractivity contribution in [2.75, 3.05) is 0 Å². The molecule has 6 heterocycles. The van der Waals surface area contributed by atoms with Crippen LogP contribution in [0.2, 0.25) is 0 Å². The summed E-state index contributed by atoms with van der Waals surface area (Å²) in [5.41, 5.74) is 3.94. The highest BCUT2D eigenvalue weighted by Gasteiger charge is 2.19. The normalized spacial score (nSPS) is 11.1. The molecule has 0 unspecified atom stereocenters. The van der Waals surface area contributed by atoms with Crippen LogP contribution >= 0.6 is 23.5 Å². The molecule has 0 saturated carbocycles. The minimum Gasteiger partial charge on any atom is -0.452 e. The molecule has 8 aromatic rings. The molecule has 0 amide bonds. The lowest BCUT2D eigenvalue weighted by molar-refractivity contribution is -0.169. The summed E-state index contributed by atoms with van der Waals surface area (Å²) < 4.78 is 32.6. The largest absolute Gasteiger partial charge is 0.452 e. The van der Waals surface area contributed by atoms with Crippen LogP contribution in [0.5, 0.6) is 0 Å². The minimum atomic E-state index is -1.15. The fourth-order valence-corrected chi connectivity index (χ4v) is 6.08. The van der Waals surface area contributed by atoms with Crippen LogP contribution in [0.4, 0.5) is 0 Å². The second-order valence-corrected chi connectivity index (χ2v) is 13.2. The van der Waals surface area contributed by atoms with Crippen molar-refractivity contribution in [2.45, 2.75) is 35.2 Å². The number of nitrogens with zero attached hydrogens (tertiary/aromatic N) is 10. The molecule has 2 aromatic carbocycles. The quantitative estimate of drug-likeness (QED) is 0.0693. The van der Waals surface area contributed by atoms with Gasteiger partial charge in [-0.15, -0.1) is 20.4 Å². The summed E-state index contributed by atoms with van der Waals surface area (Å²) in [5.74, 6) is 0.390. The molecule has 20 heteroatoms. The number of benzene rings is 2. The van der Waals surface area contributed by atoms with Gasteiger partial charge in [-0.25, -0.2) is 9.59 Å². The Hall–Kier alpha value is -7.06. The third-order valence-electron chi connectivity index (χ3n) is 7.52. The van der Waals surface area contributed by atoms with Crippen molar-refractivity contribution < 1.29 is 36.9 Å². The van der Waals surface area contributed by atoms with Gasteiger partial charge >= 0.3 is 11.9 Å². The van der Waals surface area contributed by atoms with E-state index in [1.807, 2.05) is 0 Å². The summed E-state index contributed by atoms with van der Waals surface area (Å²) in [6.07, 6.45) is 6.56. The van der Waals surface area contributed by atoms with E-state index in [2.05, 4.69) is 50.6 Å². The van der Waals surface area contributed by atoms with E-state index < -0.39 is 11.9 Å². The van der Waals surface area contributed by atoms with E-state index in [0.29, 0.717) is 79.4 Å². The summed E-state index contributed by atoms with van der Waals surface area (Å²) in [7, 11) is 0. The molecule has 0 aliphatic carbocycles. The summed E-state index contributed by atoms with van der Waals surface area (Å²) in [5, 5.41) is 25.0. The zero-order valence-electron chi connectivity index (χ0n) is 28.6. The van der Waals surface area contributed by atoms with Gasteiger partial charge in [-0.2, -0.15) is 9.97 Å². The average molecular weight is 789 g/mol. The maximum atomic E-state index is 12.5. The Morgan fingerprint density at radius 1 is 0.554 bits per heavy atom. The Bertz CT molecular complexity index is 2400. The van der Waals surface area contributed by atoms with Crippen LogP contribution in [-0.4, -0.2) is 62.6 Å². The Morgan fingerprint density at radius 3 is 1.45 bits per heavy atom. The number of pyridine rings is 2. The molecular formula is C36H24N10O8S2. The molecular weight excluding hydrogens is 765 g/mol. The van der Waals surface area contributed by atoms with E-state index >= 15 is 0 Å². The zero-order chi connectivity index (χ0) is 38.1. The fourth-order valence-electron chi connectivity index (χ4n) is 4.88. The van der Waals surface area contributed by atoms with E-state index in [0.717, 1.165) is 11.1 Å². The van der Waals surface area contributed by atoms with Gasteiger partial charge < -0.3 is 27.4 Å². The molecule has 8 rings (SSSR count). The summed E-state index contributed by atoms with van der Waals surface area (Å²) in [6, 6.07) is 21.0. The van der Waals surface area contributed by atoms with Gasteiger partial charge in [0.25, 0.3) is 10.4 Å². The first-order chi connectivity index (χ1) is 27.5. The van der Waals surface area contributed by atoms with Gasteiger partial charge in [0.2, 0.25) is 35.2 Å². The van der Waals surface area contributed by atoms with Crippen LogP contribution in [0.25, 0.3) is 45.7 Å². The molecule has 6 aromatic heterocycles. The van der Waals surface area contributed by atoms with Crippen molar-refractivity contribution >= 4 is 35.5 Å². The molecule has 0 aliphatic heterocycles. The summed E-state index contributed by atoms with van der Waals surface area (Å²) in [4.78, 5) is 41.8. The van der Waals surface area contributed by atoms with Crippen LogP contribution in [0.1, 0.15) is 22.9 Å². The van der Waals surface area contributed by atoms with E-state index in [4.69, 9.17) is 27.4 Å². The van der Waals surface area contributed by atoms with Crippen LogP contribution in [0, 0.1) is 0 Å². The highest BCUT2D eigenvalue weighted by atomic mass is 32.2. The van der Waals surface area contributed by atoms with Gasteiger partial charge in [-0.05, 0) is 47.5 Å². The van der Waals surface area contributed by atoms with Gasteiger partial charge in [-0.1, -0.05) is 70.2 Å². The SMILES string of the molecule is O=C(OCc1cccc(-c2noc(CSc3nnc(-c4ccncc4)o3)n2)c1)C(=O)OCc1cccc(-c2noc(CSc3nnc(-c4ccncc4)o3)n2)c1. The van der Waals surface area contributed by atoms with E-state index in [9.17, 15) is 9.59 Å². The predicted octanol–water partition coefficient (Wildman–Crippen LogP) is 6.05. The van der Waals surface area contributed by atoms with Crippen LogP contribution in [0.3, 0.4) is 0 Å². The maximum Gasteiger partial charge on any atom is 0.417 e. The molecule has 0 radical (unpaired) electrons.